The smallest absolute Gasteiger partial charge is 0.276 e. The zero-order chi connectivity index (χ0) is 35.7. The molecule has 2 N–H and O–H groups in total. The molecule has 6 nitrogen and oxygen atoms in total. The van der Waals surface area contributed by atoms with Crippen molar-refractivity contribution in [2.45, 2.75) is 188 Å². The van der Waals surface area contributed by atoms with Crippen molar-refractivity contribution in [3.8, 4) is 0 Å². The number of hydrogen-bond acceptors (Lipinski definition) is 6. The van der Waals surface area contributed by atoms with Gasteiger partial charge in [-0.2, -0.15) is 0 Å². The molecule has 49 heavy (non-hydrogen) atoms. The Kier molecular flexibility index (Phi) is 24.8. The standard InChI is InChI=1S/C39H68N4O2S4/c1-5-7-9-11-13-15-17-19-21-24-28-42-36(44)34(32(3)40-42)38(46)48-30-26-23-27-31-49-39(47)35-33(4)41-43(37(35)45)29-25-22-20-18-16-14-12-10-8-6-2/h40-41H,5-31H2,1-4H3. The molecule has 0 bridgehead atoms. The second kappa shape index (κ2) is 27.5. The van der Waals surface area contributed by atoms with E-state index in [1.807, 2.05) is 13.8 Å². The molecule has 0 radical (unpaired) electrons. The third-order valence-corrected chi connectivity index (χ3v) is 12.4. The van der Waals surface area contributed by atoms with Gasteiger partial charge in [0.2, 0.25) is 0 Å². The number of aromatic amines is 2. The van der Waals surface area contributed by atoms with E-state index in [0.717, 1.165) is 68.1 Å². The van der Waals surface area contributed by atoms with E-state index < -0.39 is 0 Å². The minimum atomic E-state index is 0.0263. The van der Waals surface area contributed by atoms with E-state index in [4.69, 9.17) is 24.4 Å². The van der Waals surface area contributed by atoms with Crippen molar-refractivity contribution in [2.75, 3.05) is 11.5 Å². The molecule has 0 unspecified atom stereocenters. The van der Waals surface area contributed by atoms with Crippen LogP contribution in [0.25, 0.3) is 0 Å². The van der Waals surface area contributed by atoms with E-state index in [-0.39, 0.29) is 11.1 Å². The van der Waals surface area contributed by atoms with Crippen molar-refractivity contribution >= 4 is 56.4 Å². The SMILES string of the molecule is CCCCCCCCCCCCn1[nH]c(C)c(C(=S)SCCCCCSC(=S)c2c(C)[nH]n(CCCCCCCCCCCC)c2=O)c1=O. The van der Waals surface area contributed by atoms with Gasteiger partial charge in [0.15, 0.2) is 0 Å². The molecule has 2 heterocycles. The number of nitrogens with one attached hydrogen (secondary N) is 2. The summed E-state index contributed by atoms with van der Waals surface area (Å²) in [4.78, 5) is 26.1. The number of nitrogens with zero attached hydrogens (tertiary/aromatic N) is 2. The highest BCUT2D eigenvalue weighted by Crippen LogP contribution is 2.20. The fourth-order valence-electron chi connectivity index (χ4n) is 6.37. The van der Waals surface area contributed by atoms with Crippen LogP contribution in [-0.4, -0.2) is 39.5 Å². The quantitative estimate of drug-likeness (QED) is 0.0611. The van der Waals surface area contributed by atoms with Gasteiger partial charge in [0.1, 0.15) is 0 Å². The number of unbranched alkanes of at least 4 members (excludes halogenated alkanes) is 20. The van der Waals surface area contributed by atoms with Crippen LogP contribution in [0.4, 0.5) is 0 Å². The number of aryl methyl sites for hydroxylation is 4. The van der Waals surface area contributed by atoms with Crippen molar-refractivity contribution in [3.05, 3.63) is 43.2 Å². The Morgan fingerprint density at radius 1 is 0.490 bits per heavy atom. The molecule has 0 aliphatic carbocycles. The van der Waals surface area contributed by atoms with Gasteiger partial charge in [-0.25, -0.2) is 0 Å². The lowest BCUT2D eigenvalue weighted by Gasteiger charge is -2.04. The zero-order valence-corrected chi connectivity index (χ0v) is 34.7. The molecule has 0 saturated heterocycles. The van der Waals surface area contributed by atoms with Crippen molar-refractivity contribution < 1.29 is 0 Å². The summed E-state index contributed by atoms with van der Waals surface area (Å²) in [6.45, 7) is 9.91. The number of H-pyrrole nitrogens is 2. The van der Waals surface area contributed by atoms with E-state index in [1.54, 1.807) is 32.9 Å². The second-order valence-corrected chi connectivity index (χ2v) is 17.4. The Morgan fingerprint density at radius 2 is 0.776 bits per heavy atom. The summed E-state index contributed by atoms with van der Waals surface area (Å²) >= 11 is 14.6. The van der Waals surface area contributed by atoms with Crippen LogP contribution < -0.4 is 11.1 Å². The van der Waals surface area contributed by atoms with Crippen LogP contribution in [-0.2, 0) is 13.1 Å². The summed E-state index contributed by atoms with van der Waals surface area (Å²) < 4.78 is 4.91. The molecule has 280 valence electrons. The van der Waals surface area contributed by atoms with Crippen LogP contribution in [0.15, 0.2) is 9.59 Å². The molecular weight excluding hydrogens is 685 g/mol. The average molecular weight is 753 g/mol. The van der Waals surface area contributed by atoms with Gasteiger partial charge in [-0.15, -0.1) is 23.5 Å². The first-order valence-corrected chi connectivity index (χ1v) is 22.5. The highest BCUT2D eigenvalue weighted by molar-refractivity contribution is 8.24. The van der Waals surface area contributed by atoms with Gasteiger partial charge in [0.25, 0.3) is 11.1 Å². The fraction of sp³-hybridized carbons (Fsp3) is 0.795. The third kappa shape index (κ3) is 17.8. The van der Waals surface area contributed by atoms with Gasteiger partial charge in [0, 0.05) is 24.5 Å². The Bertz CT molecular complexity index is 1210. The van der Waals surface area contributed by atoms with E-state index in [2.05, 4.69) is 24.0 Å². The number of thiocarbonyl (C=S) groups is 2. The Morgan fingerprint density at radius 3 is 1.10 bits per heavy atom. The first-order chi connectivity index (χ1) is 23.8. The minimum Gasteiger partial charge on any atom is -0.299 e. The summed E-state index contributed by atoms with van der Waals surface area (Å²) in [7, 11) is 0. The van der Waals surface area contributed by atoms with Crippen LogP contribution in [0.5, 0.6) is 0 Å². The van der Waals surface area contributed by atoms with Crippen molar-refractivity contribution in [3.63, 3.8) is 0 Å². The molecule has 0 aliphatic rings. The highest BCUT2D eigenvalue weighted by Gasteiger charge is 2.17. The van der Waals surface area contributed by atoms with Gasteiger partial charge >= 0.3 is 0 Å². The van der Waals surface area contributed by atoms with Crippen LogP contribution in [0.2, 0.25) is 0 Å². The fourth-order valence-corrected chi connectivity index (χ4v) is 9.19. The highest BCUT2D eigenvalue weighted by atomic mass is 32.2. The van der Waals surface area contributed by atoms with Gasteiger partial charge in [-0.3, -0.25) is 29.2 Å². The molecule has 2 aromatic heterocycles. The molecule has 0 aromatic carbocycles. The molecule has 0 fully saturated rings. The lowest BCUT2D eigenvalue weighted by atomic mass is 10.1. The molecule has 0 amide bonds. The summed E-state index contributed by atoms with van der Waals surface area (Å²) in [6.07, 6.45) is 28.8. The minimum absolute atomic E-state index is 0.0263. The van der Waals surface area contributed by atoms with E-state index in [1.165, 1.54) is 116 Å². The van der Waals surface area contributed by atoms with Crippen LogP contribution in [0.1, 0.15) is 184 Å². The monoisotopic (exact) mass is 752 g/mol. The summed E-state index contributed by atoms with van der Waals surface area (Å²) in [5.41, 5.74) is 3.16. The maximum atomic E-state index is 13.1. The summed E-state index contributed by atoms with van der Waals surface area (Å²) in [5.74, 6) is 1.80. The van der Waals surface area contributed by atoms with Gasteiger partial charge < -0.3 is 0 Å². The van der Waals surface area contributed by atoms with Crippen molar-refractivity contribution in [2.24, 2.45) is 0 Å². The van der Waals surface area contributed by atoms with Crippen LogP contribution >= 0.6 is 48.0 Å². The first kappa shape index (κ1) is 44.1. The van der Waals surface area contributed by atoms with Gasteiger partial charge in [-0.1, -0.05) is 160 Å². The van der Waals surface area contributed by atoms with E-state index >= 15 is 0 Å². The average Bonchev–Trinajstić information content (AvgIpc) is 3.53. The lowest BCUT2D eigenvalue weighted by Crippen LogP contribution is -2.21. The van der Waals surface area contributed by atoms with Crippen molar-refractivity contribution in [1.29, 1.82) is 0 Å². The Labute approximate surface area is 317 Å². The predicted molar refractivity (Wildman–Crippen MR) is 225 cm³/mol. The maximum absolute atomic E-state index is 13.1. The molecular formula is C39H68N4O2S4. The zero-order valence-electron chi connectivity index (χ0n) is 31.4. The molecule has 0 spiro atoms. The summed E-state index contributed by atoms with van der Waals surface area (Å²) in [6, 6.07) is 0. The Balaban J connectivity index is 1.58. The predicted octanol–water partition coefficient (Wildman–Crippen LogP) is 11.8. The van der Waals surface area contributed by atoms with Crippen molar-refractivity contribution in [1.82, 2.24) is 19.6 Å². The molecule has 0 saturated carbocycles. The molecule has 10 heteroatoms. The lowest BCUT2D eigenvalue weighted by molar-refractivity contribution is 0.507. The molecule has 2 rings (SSSR count). The number of rotatable bonds is 30. The largest absolute Gasteiger partial charge is 0.299 e. The van der Waals surface area contributed by atoms with Crippen LogP contribution in [0.3, 0.4) is 0 Å². The normalized spacial score (nSPS) is 11.5. The second-order valence-electron chi connectivity index (χ2n) is 13.8. The third-order valence-electron chi connectivity index (χ3n) is 9.41. The number of hydrogen-bond donors (Lipinski definition) is 2. The van der Waals surface area contributed by atoms with E-state index in [0.29, 0.717) is 19.5 Å². The molecule has 2 aromatic rings. The first-order valence-electron chi connectivity index (χ1n) is 19.7. The topological polar surface area (TPSA) is 75.6 Å². The van der Waals surface area contributed by atoms with Gasteiger partial charge in [-0.05, 0) is 51.0 Å². The number of aromatic nitrogens is 4. The molecule has 0 atom stereocenters. The van der Waals surface area contributed by atoms with E-state index in [9.17, 15) is 9.59 Å². The maximum Gasteiger partial charge on any atom is 0.276 e. The summed E-state index contributed by atoms with van der Waals surface area (Å²) in [5, 5.41) is 6.53. The van der Waals surface area contributed by atoms with Crippen LogP contribution in [0, 0.1) is 13.8 Å². The molecule has 0 aliphatic heterocycles. The Hall–Kier alpha value is -1.10. The number of thioether (sulfide) groups is 2. The van der Waals surface area contributed by atoms with Gasteiger partial charge in [0.05, 0.1) is 19.5 Å².